The maximum Gasteiger partial charge on any atom is 0.374 e. The minimum absolute atomic E-state index is 0.0896. The Morgan fingerprint density at radius 1 is 1.39 bits per heavy atom. The van der Waals surface area contributed by atoms with Crippen LogP contribution in [-0.4, -0.2) is 18.1 Å². The van der Waals surface area contributed by atoms with Crippen molar-refractivity contribution in [2.75, 3.05) is 7.11 Å². The monoisotopic (exact) mass is 393 g/mol. The lowest BCUT2D eigenvalue weighted by molar-refractivity contribution is 0.0432. The van der Waals surface area contributed by atoms with Crippen molar-refractivity contribution in [2.24, 2.45) is 0 Å². The van der Waals surface area contributed by atoms with Crippen LogP contribution >= 0.6 is 27.3 Å². The second-order valence-corrected chi connectivity index (χ2v) is 6.32. The molecule has 0 amide bonds. The van der Waals surface area contributed by atoms with Crippen LogP contribution in [0.25, 0.3) is 10.6 Å². The number of aromatic nitrogens is 1. The molecule has 5 nitrogen and oxygen atoms in total. The van der Waals surface area contributed by atoms with Gasteiger partial charge in [-0.05, 0) is 30.3 Å². The predicted octanol–water partition coefficient (Wildman–Crippen LogP) is 4.53. The number of nitrogens with zero attached hydrogens (tertiary/aromatic N) is 1. The zero-order chi connectivity index (χ0) is 16.2. The average Bonchev–Trinajstić information content (AvgIpc) is 3.24. The Hall–Kier alpha value is -2.12. The summed E-state index contributed by atoms with van der Waals surface area (Å²) in [7, 11) is 1.62. The number of ether oxygens (including phenoxy) is 2. The molecule has 0 bridgehead atoms. The van der Waals surface area contributed by atoms with Crippen LogP contribution in [0.4, 0.5) is 0 Å². The molecule has 0 spiro atoms. The molecule has 0 aliphatic heterocycles. The van der Waals surface area contributed by atoms with Crippen molar-refractivity contribution in [1.82, 2.24) is 4.98 Å². The van der Waals surface area contributed by atoms with Crippen LogP contribution in [0.3, 0.4) is 0 Å². The van der Waals surface area contributed by atoms with Gasteiger partial charge in [-0.15, -0.1) is 11.3 Å². The van der Waals surface area contributed by atoms with Crippen molar-refractivity contribution < 1.29 is 18.7 Å². The number of hydrogen-bond acceptors (Lipinski definition) is 6. The summed E-state index contributed by atoms with van der Waals surface area (Å²) in [5, 5.41) is 2.65. The molecule has 118 valence electrons. The number of rotatable bonds is 5. The van der Waals surface area contributed by atoms with Gasteiger partial charge in [0, 0.05) is 9.85 Å². The summed E-state index contributed by atoms with van der Waals surface area (Å²) in [6.45, 7) is 0.0896. The quantitative estimate of drug-likeness (QED) is 0.595. The summed E-state index contributed by atoms with van der Waals surface area (Å²) in [4.78, 5) is 16.2. The first kappa shape index (κ1) is 15.8. The van der Waals surface area contributed by atoms with E-state index in [9.17, 15) is 4.79 Å². The second kappa shape index (κ2) is 6.97. The molecule has 23 heavy (non-hydrogen) atoms. The molecule has 3 aromatic rings. The number of thiazole rings is 1. The molecule has 7 heteroatoms. The number of furan rings is 1. The molecule has 0 radical (unpaired) electrons. The topological polar surface area (TPSA) is 61.6 Å². The van der Waals surface area contributed by atoms with Crippen LogP contribution in [0.1, 0.15) is 16.2 Å². The number of benzene rings is 1. The Bertz CT molecular complexity index is 813. The maximum atomic E-state index is 11.7. The second-order valence-electron chi connectivity index (χ2n) is 4.54. The van der Waals surface area contributed by atoms with E-state index in [4.69, 9.17) is 13.9 Å². The fourth-order valence-corrected chi connectivity index (χ4v) is 3.14. The highest BCUT2D eigenvalue weighted by Crippen LogP contribution is 2.34. The fraction of sp³-hybridized carbons (Fsp3) is 0.125. The van der Waals surface area contributed by atoms with Crippen molar-refractivity contribution in [3.05, 3.63) is 57.9 Å². The minimum atomic E-state index is -0.510. The molecule has 0 aliphatic rings. The SMILES string of the molecule is COc1ccc(Br)cc1-c1nc(COC(=O)c2ccco2)cs1. The number of halogens is 1. The smallest absolute Gasteiger partial charge is 0.374 e. The maximum absolute atomic E-state index is 11.7. The predicted molar refractivity (Wildman–Crippen MR) is 89.6 cm³/mol. The number of hydrogen-bond donors (Lipinski definition) is 0. The first-order valence-corrected chi connectivity index (χ1v) is 8.33. The van der Waals surface area contributed by atoms with E-state index in [1.807, 2.05) is 23.6 Å². The molecule has 0 saturated carbocycles. The number of carbonyl (C=O) groups is 1. The van der Waals surface area contributed by atoms with Gasteiger partial charge in [0.15, 0.2) is 0 Å². The molecule has 0 saturated heterocycles. The van der Waals surface area contributed by atoms with Gasteiger partial charge in [-0.3, -0.25) is 0 Å². The summed E-state index contributed by atoms with van der Waals surface area (Å²) in [5.74, 6) is 0.403. The normalized spacial score (nSPS) is 10.5. The summed E-state index contributed by atoms with van der Waals surface area (Å²) in [6.07, 6.45) is 1.43. The Balaban J connectivity index is 1.73. The van der Waals surface area contributed by atoms with Crippen LogP contribution in [0.2, 0.25) is 0 Å². The summed E-state index contributed by atoms with van der Waals surface area (Å²) >= 11 is 4.91. The number of esters is 1. The van der Waals surface area contributed by atoms with Gasteiger partial charge in [0.05, 0.1) is 24.6 Å². The van der Waals surface area contributed by atoms with Gasteiger partial charge in [-0.1, -0.05) is 15.9 Å². The standard InChI is InChI=1S/C16H12BrNO4S/c1-20-13-5-4-10(17)7-12(13)15-18-11(9-23-15)8-22-16(19)14-3-2-6-21-14/h2-7,9H,8H2,1H3. The van der Waals surface area contributed by atoms with Crippen LogP contribution in [-0.2, 0) is 11.3 Å². The Morgan fingerprint density at radius 2 is 2.26 bits per heavy atom. The highest BCUT2D eigenvalue weighted by molar-refractivity contribution is 9.10. The van der Waals surface area contributed by atoms with E-state index < -0.39 is 5.97 Å². The van der Waals surface area contributed by atoms with Gasteiger partial charge in [0.1, 0.15) is 17.4 Å². The summed E-state index contributed by atoms with van der Waals surface area (Å²) < 4.78 is 16.5. The molecular weight excluding hydrogens is 382 g/mol. The van der Waals surface area contributed by atoms with Crippen molar-refractivity contribution in [1.29, 1.82) is 0 Å². The molecule has 2 heterocycles. The van der Waals surface area contributed by atoms with E-state index in [1.165, 1.54) is 17.6 Å². The summed E-state index contributed by atoms with van der Waals surface area (Å²) in [5.41, 5.74) is 1.56. The number of carbonyl (C=O) groups excluding carboxylic acids is 1. The number of methoxy groups -OCH3 is 1. The summed E-state index contributed by atoms with van der Waals surface area (Å²) in [6, 6.07) is 8.91. The van der Waals surface area contributed by atoms with Crippen LogP contribution in [0.5, 0.6) is 5.75 Å². The van der Waals surface area contributed by atoms with Gasteiger partial charge in [-0.25, -0.2) is 9.78 Å². The van der Waals surface area contributed by atoms with Gasteiger partial charge in [0.25, 0.3) is 0 Å². The molecule has 0 aliphatic carbocycles. The van der Waals surface area contributed by atoms with E-state index in [0.717, 1.165) is 20.8 Å². The molecular formula is C16H12BrNO4S. The van der Waals surface area contributed by atoms with Crippen LogP contribution in [0.15, 0.2) is 50.9 Å². The van der Waals surface area contributed by atoms with Gasteiger partial charge >= 0.3 is 5.97 Å². The zero-order valence-corrected chi connectivity index (χ0v) is 14.5. The van der Waals surface area contributed by atoms with Crippen molar-refractivity contribution in [3.8, 4) is 16.3 Å². The minimum Gasteiger partial charge on any atom is -0.496 e. The van der Waals surface area contributed by atoms with E-state index in [1.54, 1.807) is 19.2 Å². The van der Waals surface area contributed by atoms with Crippen LogP contribution in [0, 0.1) is 0 Å². The van der Waals surface area contributed by atoms with Gasteiger partial charge < -0.3 is 13.9 Å². The van der Waals surface area contributed by atoms with E-state index in [0.29, 0.717) is 5.69 Å². The molecule has 2 aromatic heterocycles. The van der Waals surface area contributed by atoms with Crippen LogP contribution < -0.4 is 4.74 Å². The zero-order valence-electron chi connectivity index (χ0n) is 12.1. The van der Waals surface area contributed by atoms with Crippen molar-refractivity contribution in [2.45, 2.75) is 6.61 Å². The Labute approximate surface area is 145 Å². The lowest BCUT2D eigenvalue weighted by atomic mass is 10.2. The van der Waals surface area contributed by atoms with E-state index in [2.05, 4.69) is 20.9 Å². The third-order valence-electron chi connectivity index (χ3n) is 3.02. The van der Waals surface area contributed by atoms with Gasteiger partial charge in [0.2, 0.25) is 5.76 Å². The molecule has 0 fully saturated rings. The largest absolute Gasteiger partial charge is 0.496 e. The molecule has 1 aromatic carbocycles. The third-order valence-corrected chi connectivity index (χ3v) is 4.43. The molecule has 3 rings (SSSR count). The molecule has 0 N–H and O–H groups in total. The first-order chi connectivity index (χ1) is 11.2. The van der Waals surface area contributed by atoms with E-state index >= 15 is 0 Å². The van der Waals surface area contributed by atoms with Gasteiger partial charge in [-0.2, -0.15) is 0 Å². The average molecular weight is 394 g/mol. The Morgan fingerprint density at radius 3 is 3.00 bits per heavy atom. The highest BCUT2D eigenvalue weighted by atomic mass is 79.9. The highest BCUT2D eigenvalue weighted by Gasteiger charge is 2.14. The van der Waals surface area contributed by atoms with Crippen molar-refractivity contribution >= 4 is 33.2 Å². The fourth-order valence-electron chi connectivity index (χ4n) is 1.95. The van der Waals surface area contributed by atoms with Crippen molar-refractivity contribution in [3.63, 3.8) is 0 Å². The lowest BCUT2D eigenvalue weighted by Crippen LogP contribution is -2.04. The lowest BCUT2D eigenvalue weighted by Gasteiger charge is -2.06. The Kier molecular flexibility index (Phi) is 4.78. The molecule has 0 unspecified atom stereocenters. The first-order valence-electron chi connectivity index (χ1n) is 6.66. The third kappa shape index (κ3) is 3.62. The molecule has 0 atom stereocenters. The van der Waals surface area contributed by atoms with E-state index in [-0.39, 0.29) is 12.4 Å².